The van der Waals surface area contributed by atoms with E-state index >= 15 is 0 Å². The standard InChI is InChI=1S/C11H15N3S2/c1-3-11(12,4-2)10-14-8(6-15-10)9-5-13-7-16-9/h5-7H,3-4,12H2,1-2H3. The molecular weight excluding hydrogens is 238 g/mol. The molecule has 2 aromatic heterocycles. The van der Waals surface area contributed by atoms with Crippen LogP contribution in [0.1, 0.15) is 31.7 Å². The molecule has 0 amide bonds. The maximum absolute atomic E-state index is 6.32. The fraction of sp³-hybridized carbons (Fsp3) is 0.455. The number of hydrogen-bond acceptors (Lipinski definition) is 5. The van der Waals surface area contributed by atoms with Crippen LogP contribution in [0.4, 0.5) is 0 Å². The molecule has 0 aromatic carbocycles. The normalized spacial score (nSPS) is 11.9. The highest BCUT2D eigenvalue weighted by molar-refractivity contribution is 7.14. The predicted octanol–water partition coefficient (Wildman–Crippen LogP) is 3.24. The topological polar surface area (TPSA) is 51.8 Å². The van der Waals surface area contributed by atoms with Gasteiger partial charge in [-0.3, -0.25) is 4.98 Å². The maximum Gasteiger partial charge on any atom is 0.113 e. The van der Waals surface area contributed by atoms with Gasteiger partial charge in [0.05, 0.1) is 21.6 Å². The van der Waals surface area contributed by atoms with Crippen LogP contribution >= 0.6 is 22.7 Å². The Balaban J connectivity index is 2.33. The first kappa shape index (κ1) is 11.7. The van der Waals surface area contributed by atoms with E-state index < -0.39 is 0 Å². The molecule has 0 spiro atoms. The monoisotopic (exact) mass is 253 g/mol. The van der Waals surface area contributed by atoms with E-state index in [1.165, 1.54) is 0 Å². The second-order valence-electron chi connectivity index (χ2n) is 3.77. The lowest BCUT2D eigenvalue weighted by atomic mass is 9.95. The zero-order valence-electron chi connectivity index (χ0n) is 9.43. The molecule has 0 unspecified atom stereocenters. The van der Waals surface area contributed by atoms with Gasteiger partial charge >= 0.3 is 0 Å². The third-order valence-corrected chi connectivity index (χ3v) is 4.73. The first-order valence-electron chi connectivity index (χ1n) is 5.33. The lowest BCUT2D eigenvalue weighted by Gasteiger charge is -2.23. The molecule has 86 valence electrons. The summed E-state index contributed by atoms with van der Waals surface area (Å²) in [5.74, 6) is 0. The molecule has 0 aliphatic heterocycles. The molecule has 3 nitrogen and oxygen atoms in total. The summed E-state index contributed by atoms with van der Waals surface area (Å²) >= 11 is 3.25. The molecule has 0 saturated heterocycles. The highest BCUT2D eigenvalue weighted by Crippen LogP contribution is 2.32. The average molecular weight is 253 g/mol. The van der Waals surface area contributed by atoms with Gasteiger partial charge in [0.25, 0.3) is 0 Å². The minimum Gasteiger partial charge on any atom is -0.319 e. The first-order chi connectivity index (χ1) is 7.69. The van der Waals surface area contributed by atoms with Gasteiger partial charge in [0.2, 0.25) is 0 Å². The van der Waals surface area contributed by atoms with Crippen LogP contribution in [0.5, 0.6) is 0 Å². The fourth-order valence-electron chi connectivity index (χ4n) is 1.51. The van der Waals surface area contributed by atoms with Crippen molar-refractivity contribution in [3.8, 4) is 10.6 Å². The van der Waals surface area contributed by atoms with Gasteiger partial charge in [-0.1, -0.05) is 13.8 Å². The van der Waals surface area contributed by atoms with E-state index in [0.717, 1.165) is 28.4 Å². The molecule has 16 heavy (non-hydrogen) atoms. The van der Waals surface area contributed by atoms with Gasteiger partial charge in [-0.05, 0) is 12.8 Å². The van der Waals surface area contributed by atoms with Crippen LogP contribution in [0.25, 0.3) is 10.6 Å². The number of nitrogens with two attached hydrogens (primary N) is 1. The molecule has 0 radical (unpaired) electrons. The van der Waals surface area contributed by atoms with Crippen molar-refractivity contribution in [1.82, 2.24) is 9.97 Å². The van der Waals surface area contributed by atoms with Gasteiger partial charge < -0.3 is 5.73 Å². The Kier molecular flexibility index (Phi) is 3.37. The molecular formula is C11H15N3S2. The van der Waals surface area contributed by atoms with E-state index in [0.29, 0.717) is 0 Å². The molecule has 0 aliphatic carbocycles. The number of thiazole rings is 2. The van der Waals surface area contributed by atoms with Gasteiger partial charge in [-0.25, -0.2) is 4.98 Å². The average Bonchev–Trinajstić information content (AvgIpc) is 2.97. The second kappa shape index (κ2) is 4.61. The van der Waals surface area contributed by atoms with Crippen molar-refractivity contribution < 1.29 is 0 Å². The number of aromatic nitrogens is 2. The molecule has 0 bridgehead atoms. The third-order valence-electron chi connectivity index (χ3n) is 2.88. The van der Waals surface area contributed by atoms with Crippen LogP contribution in [0, 0.1) is 0 Å². The van der Waals surface area contributed by atoms with E-state index in [2.05, 4.69) is 29.2 Å². The molecule has 2 heterocycles. The molecule has 5 heteroatoms. The van der Waals surface area contributed by atoms with Crippen molar-refractivity contribution >= 4 is 22.7 Å². The number of rotatable bonds is 4. The molecule has 2 rings (SSSR count). The zero-order valence-corrected chi connectivity index (χ0v) is 11.1. The van der Waals surface area contributed by atoms with E-state index in [-0.39, 0.29) is 5.54 Å². The van der Waals surface area contributed by atoms with Crippen molar-refractivity contribution in [3.05, 3.63) is 22.1 Å². The van der Waals surface area contributed by atoms with E-state index in [4.69, 9.17) is 5.73 Å². The van der Waals surface area contributed by atoms with E-state index in [1.807, 2.05) is 11.7 Å². The summed E-state index contributed by atoms with van der Waals surface area (Å²) < 4.78 is 0. The van der Waals surface area contributed by atoms with Crippen molar-refractivity contribution in [2.45, 2.75) is 32.2 Å². The van der Waals surface area contributed by atoms with Crippen molar-refractivity contribution in [1.29, 1.82) is 0 Å². The van der Waals surface area contributed by atoms with Gasteiger partial charge in [0.1, 0.15) is 5.01 Å². The summed E-state index contributed by atoms with van der Waals surface area (Å²) in [4.78, 5) is 9.80. The van der Waals surface area contributed by atoms with Gasteiger partial charge in [-0.2, -0.15) is 0 Å². The van der Waals surface area contributed by atoms with Crippen LogP contribution in [-0.4, -0.2) is 9.97 Å². The van der Waals surface area contributed by atoms with Crippen molar-refractivity contribution in [2.24, 2.45) is 5.73 Å². The van der Waals surface area contributed by atoms with Crippen LogP contribution < -0.4 is 5.73 Å². The van der Waals surface area contributed by atoms with E-state index in [9.17, 15) is 0 Å². The van der Waals surface area contributed by atoms with Crippen LogP contribution in [0.2, 0.25) is 0 Å². The summed E-state index contributed by atoms with van der Waals surface area (Å²) in [5, 5.41) is 3.09. The molecule has 2 aromatic rings. The second-order valence-corrected chi connectivity index (χ2v) is 5.51. The Morgan fingerprint density at radius 2 is 2.06 bits per heavy atom. The third kappa shape index (κ3) is 2.03. The molecule has 0 fully saturated rings. The Morgan fingerprint density at radius 1 is 1.31 bits per heavy atom. The fourth-order valence-corrected chi connectivity index (χ4v) is 3.24. The van der Waals surface area contributed by atoms with Crippen molar-refractivity contribution in [2.75, 3.05) is 0 Å². The molecule has 0 saturated carbocycles. The number of hydrogen-bond donors (Lipinski definition) is 1. The minimum absolute atomic E-state index is 0.270. The summed E-state index contributed by atoms with van der Waals surface area (Å²) in [6.07, 6.45) is 3.68. The van der Waals surface area contributed by atoms with Crippen LogP contribution in [-0.2, 0) is 5.54 Å². The lowest BCUT2D eigenvalue weighted by molar-refractivity contribution is 0.411. The summed E-state index contributed by atoms with van der Waals surface area (Å²) in [6, 6.07) is 0. The molecule has 0 atom stereocenters. The Bertz CT molecular complexity index is 444. The molecule has 2 N–H and O–H groups in total. The summed E-state index contributed by atoms with van der Waals surface area (Å²) in [7, 11) is 0. The van der Waals surface area contributed by atoms with Crippen molar-refractivity contribution in [3.63, 3.8) is 0 Å². The highest BCUT2D eigenvalue weighted by atomic mass is 32.1. The highest BCUT2D eigenvalue weighted by Gasteiger charge is 2.26. The maximum atomic E-state index is 6.32. The van der Waals surface area contributed by atoms with Crippen LogP contribution in [0.3, 0.4) is 0 Å². The SMILES string of the molecule is CCC(N)(CC)c1nc(-c2cncs2)cs1. The predicted molar refractivity (Wildman–Crippen MR) is 69.7 cm³/mol. The Labute approximate surface area is 103 Å². The smallest absolute Gasteiger partial charge is 0.113 e. The summed E-state index contributed by atoms with van der Waals surface area (Å²) in [6.45, 7) is 4.22. The zero-order chi connectivity index (χ0) is 11.6. The van der Waals surface area contributed by atoms with E-state index in [1.54, 1.807) is 22.7 Å². The Morgan fingerprint density at radius 3 is 2.62 bits per heavy atom. The minimum atomic E-state index is -0.270. The first-order valence-corrected chi connectivity index (χ1v) is 7.09. The van der Waals surface area contributed by atoms with Gasteiger partial charge in [-0.15, -0.1) is 22.7 Å². The summed E-state index contributed by atoms with van der Waals surface area (Å²) in [5.41, 5.74) is 8.87. The lowest BCUT2D eigenvalue weighted by Crippen LogP contribution is -2.34. The van der Waals surface area contributed by atoms with Gasteiger partial charge in [0.15, 0.2) is 0 Å². The van der Waals surface area contributed by atoms with Crippen LogP contribution in [0.15, 0.2) is 17.1 Å². The quantitative estimate of drug-likeness (QED) is 0.910. The van der Waals surface area contributed by atoms with Gasteiger partial charge in [0, 0.05) is 11.6 Å². The Hall–Kier alpha value is -0.780. The largest absolute Gasteiger partial charge is 0.319 e. The molecule has 0 aliphatic rings. The number of nitrogens with zero attached hydrogens (tertiary/aromatic N) is 2.